The van der Waals surface area contributed by atoms with Gasteiger partial charge in [0.05, 0.1) is 12.3 Å². The highest BCUT2D eigenvalue weighted by molar-refractivity contribution is 5.86. The first-order chi connectivity index (χ1) is 7.50. The van der Waals surface area contributed by atoms with Gasteiger partial charge in [-0.15, -0.1) is 0 Å². The molecule has 0 heterocycles. The van der Waals surface area contributed by atoms with Crippen molar-refractivity contribution in [2.24, 2.45) is 17.4 Å². The summed E-state index contributed by atoms with van der Waals surface area (Å²) in [5.74, 6) is -0.0481. The molecule has 0 aliphatic heterocycles. The van der Waals surface area contributed by atoms with Crippen LogP contribution < -0.4 is 11.5 Å². The average molecular weight is 222 g/mol. The molecule has 88 valence electrons. The summed E-state index contributed by atoms with van der Waals surface area (Å²) >= 11 is 0. The van der Waals surface area contributed by atoms with Gasteiger partial charge in [-0.3, -0.25) is 0 Å². The predicted octanol–water partition coefficient (Wildman–Crippen LogP) is 1.20. The minimum absolute atomic E-state index is 0.297. The van der Waals surface area contributed by atoms with Crippen molar-refractivity contribution in [2.45, 2.75) is 19.8 Å². The van der Waals surface area contributed by atoms with Crippen LogP contribution in [0, 0.1) is 5.92 Å². The molecule has 0 aromatic rings. The molecule has 16 heavy (non-hydrogen) atoms. The first-order valence-electron chi connectivity index (χ1n) is 5.25. The Hall–Kier alpha value is -1.71. The lowest BCUT2D eigenvalue weighted by molar-refractivity contribution is -0.139. The molecule has 0 saturated heterocycles. The van der Waals surface area contributed by atoms with Crippen LogP contribution in [0.3, 0.4) is 0 Å². The smallest absolute Gasteiger partial charge is 0.333 e. The van der Waals surface area contributed by atoms with Crippen molar-refractivity contribution < 1.29 is 9.53 Å². The van der Waals surface area contributed by atoms with Gasteiger partial charge >= 0.3 is 5.97 Å². The average Bonchev–Trinajstić information content (AvgIpc) is 2.23. The van der Waals surface area contributed by atoms with Gasteiger partial charge < -0.3 is 16.2 Å². The van der Waals surface area contributed by atoms with Crippen molar-refractivity contribution in [3.8, 4) is 0 Å². The van der Waals surface area contributed by atoms with Crippen LogP contribution in [0.25, 0.3) is 0 Å². The van der Waals surface area contributed by atoms with Crippen LogP contribution >= 0.6 is 0 Å². The summed E-state index contributed by atoms with van der Waals surface area (Å²) in [6, 6.07) is 0. The Morgan fingerprint density at radius 1 is 1.62 bits per heavy atom. The van der Waals surface area contributed by atoms with E-state index >= 15 is 0 Å². The third kappa shape index (κ3) is 3.46. The van der Waals surface area contributed by atoms with E-state index in [9.17, 15) is 4.79 Å². The van der Waals surface area contributed by atoms with Gasteiger partial charge in [-0.2, -0.15) is 0 Å². The maximum atomic E-state index is 11.1. The molecule has 0 spiro atoms. The minimum atomic E-state index is -0.345. The predicted molar refractivity (Wildman–Crippen MR) is 63.0 cm³/mol. The normalized spacial score (nSPS) is 19.7. The summed E-state index contributed by atoms with van der Waals surface area (Å²) in [5, 5.41) is 0. The van der Waals surface area contributed by atoms with Gasteiger partial charge in [0.1, 0.15) is 0 Å². The van der Waals surface area contributed by atoms with Crippen LogP contribution in [-0.2, 0) is 9.53 Å². The zero-order valence-electron chi connectivity index (χ0n) is 9.53. The summed E-state index contributed by atoms with van der Waals surface area (Å²) in [7, 11) is 0. The van der Waals surface area contributed by atoms with E-state index in [-0.39, 0.29) is 5.97 Å². The first-order valence-corrected chi connectivity index (χ1v) is 5.25. The van der Waals surface area contributed by atoms with E-state index in [0.717, 1.165) is 12.8 Å². The quantitative estimate of drug-likeness (QED) is 0.553. The SMILES string of the molecule is C=C(C)C(=O)OCCC1C=CC(N)=C(N)C1. The van der Waals surface area contributed by atoms with Crippen molar-refractivity contribution in [3.05, 3.63) is 35.7 Å². The maximum Gasteiger partial charge on any atom is 0.333 e. The number of carbonyl (C=O) groups excluding carboxylic acids is 1. The molecule has 1 unspecified atom stereocenters. The van der Waals surface area contributed by atoms with Crippen LogP contribution in [0.1, 0.15) is 19.8 Å². The zero-order chi connectivity index (χ0) is 12.1. The Kier molecular flexibility index (Phi) is 4.17. The van der Waals surface area contributed by atoms with E-state index in [1.165, 1.54) is 0 Å². The van der Waals surface area contributed by atoms with E-state index in [0.29, 0.717) is 29.5 Å². The van der Waals surface area contributed by atoms with E-state index in [1.807, 2.05) is 12.2 Å². The van der Waals surface area contributed by atoms with Crippen LogP contribution in [0.2, 0.25) is 0 Å². The lowest BCUT2D eigenvalue weighted by Crippen LogP contribution is -2.17. The fourth-order valence-electron chi connectivity index (χ4n) is 1.44. The van der Waals surface area contributed by atoms with Gasteiger partial charge in [-0.1, -0.05) is 12.7 Å². The maximum absolute atomic E-state index is 11.1. The molecule has 1 rings (SSSR count). The molecule has 0 aromatic carbocycles. The van der Waals surface area contributed by atoms with Gasteiger partial charge in [-0.05, 0) is 31.8 Å². The topological polar surface area (TPSA) is 78.3 Å². The molecule has 0 radical (unpaired) electrons. The summed E-state index contributed by atoms with van der Waals surface area (Å²) in [6.07, 6.45) is 5.29. The van der Waals surface area contributed by atoms with Crippen LogP contribution in [0.4, 0.5) is 0 Å². The molecule has 1 aliphatic rings. The van der Waals surface area contributed by atoms with Gasteiger partial charge in [0.2, 0.25) is 0 Å². The summed E-state index contributed by atoms with van der Waals surface area (Å²) in [6.45, 7) is 5.52. The molecule has 0 bridgehead atoms. The lowest BCUT2D eigenvalue weighted by atomic mass is 9.94. The van der Waals surface area contributed by atoms with E-state index in [2.05, 4.69) is 6.58 Å². The number of ether oxygens (including phenoxy) is 1. The third-order valence-corrected chi connectivity index (χ3v) is 2.47. The second-order valence-electron chi connectivity index (χ2n) is 4.01. The van der Waals surface area contributed by atoms with Gasteiger partial charge in [0.15, 0.2) is 0 Å². The standard InChI is InChI=1S/C12H18N2O2/c1-8(2)12(15)16-6-5-9-3-4-10(13)11(14)7-9/h3-4,9H,1,5-7,13-14H2,2H3. The summed E-state index contributed by atoms with van der Waals surface area (Å²) < 4.78 is 5.01. The number of allylic oxidation sites excluding steroid dienone is 3. The molecular formula is C12H18N2O2. The van der Waals surface area contributed by atoms with Crippen LogP contribution in [0.5, 0.6) is 0 Å². The molecule has 4 nitrogen and oxygen atoms in total. The number of esters is 1. The Morgan fingerprint density at radius 3 is 2.88 bits per heavy atom. The lowest BCUT2D eigenvalue weighted by Gasteiger charge is -2.18. The van der Waals surface area contributed by atoms with E-state index in [1.54, 1.807) is 6.92 Å². The number of carbonyl (C=O) groups is 1. The molecule has 1 atom stereocenters. The number of rotatable bonds is 4. The largest absolute Gasteiger partial charge is 0.462 e. The highest BCUT2D eigenvalue weighted by Gasteiger charge is 2.13. The van der Waals surface area contributed by atoms with Gasteiger partial charge in [-0.25, -0.2) is 4.79 Å². The fraction of sp³-hybridized carbons (Fsp3) is 0.417. The monoisotopic (exact) mass is 222 g/mol. The summed E-state index contributed by atoms with van der Waals surface area (Å²) in [5.41, 5.74) is 13.1. The Morgan fingerprint density at radius 2 is 2.31 bits per heavy atom. The molecular weight excluding hydrogens is 204 g/mol. The number of hydrogen-bond acceptors (Lipinski definition) is 4. The molecule has 0 fully saturated rings. The molecule has 0 saturated carbocycles. The Labute approximate surface area is 95.6 Å². The van der Waals surface area contributed by atoms with Crippen molar-refractivity contribution >= 4 is 5.97 Å². The second kappa shape index (κ2) is 5.39. The molecule has 0 amide bonds. The Bertz CT molecular complexity index is 356. The molecule has 0 aromatic heterocycles. The third-order valence-electron chi connectivity index (χ3n) is 2.47. The van der Waals surface area contributed by atoms with E-state index < -0.39 is 0 Å². The fourth-order valence-corrected chi connectivity index (χ4v) is 1.44. The van der Waals surface area contributed by atoms with Gasteiger partial charge in [0, 0.05) is 11.3 Å². The number of nitrogens with two attached hydrogens (primary N) is 2. The van der Waals surface area contributed by atoms with Crippen molar-refractivity contribution in [3.63, 3.8) is 0 Å². The van der Waals surface area contributed by atoms with Crippen LogP contribution in [-0.4, -0.2) is 12.6 Å². The second-order valence-corrected chi connectivity index (χ2v) is 4.01. The molecule has 1 aliphatic carbocycles. The highest BCUT2D eigenvalue weighted by Crippen LogP contribution is 2.20. The summed E-state index contributed by atoms with van der Waals surface area (Å²) in [4.78, 5) is 11.1. The molecule has 4 heteroatoms. The minimum Gasteiger partial charge on any atom is -0.462 e. The van der Waals surface area contributed by atoms with E-state index in [4.69, 9.17) is 16.2 Å². The Balaban J connectivity index is 2.29. The van der Waals surface area contributed by atoms with Crippen LogP contribution in [0.15, 0.2) is 35.7 Å². The number of hydrogen-bond donors (Lipinski definition) is 2. The van der Waals surface area contributed by atoms with Crippen molar-refractivity contribution in [1.82, 2.24) is 0 Å². The van der Waals surface area contributed by atoms with Gasteiger partial charge in [0.25, 0.3) is 0 Å². The zero-order valence-corrected chi connectivity index (χ0v) is 9.53. The van der Waals surface area contributed by atoms with Crippen molar-refractivity contribution in [2.75, 3.05) is 6.61 Å². The first kappa shape index (κ1) is 12.4. The molecule has 4 N–H and O–H groups in total. The van der Waals surface area contributed by atoms with Crippen molar-refractivity contribution in [1.29, 1.82) is 0 Å². The highest BCUT2D eigenvalue weighted by atomic mass is 16.5.